The molecule has 4 aliphatic rings. The molecule has 3 aliphatic heterocycles. The van der Waals surface area contributed by atoms with Gasteiger partial charge >= 0.3 is 5.97 Å². The third kappa shape index (κ3) is 1.34. The first-order valence-corrected chi connectivity index (χ1v) is 5.19. The van der Waals surface area contributed by atoms with Gasteiger partial charge < -0.3 is 10.0 Å². The Morgan fingerprint density at radius 3 is 2.14 bits per heavy atom. The quantitative estimate of drug-likeness (QED) is 0.715. The van der Waals surface area contributed by atoms with Gasteiger partial charge in [-0.3, -0.25) is 4.79 Å². The molecule has 3 saturated heterocycles. The van der Waals surface area contributed by atoms with E-state index in [2.05, 4.69) is 4.90 Å². The molecule has 0 spiro atoms. The molecule has 4 rings (SSSR count). The zero-order valence-corrected chi connectivity index (χ0v) is 8.87. The summed E-state index contributed by atoms with van der Waals surface area (Å²) in [5.74, 6) is 1.17. The van der Waals surface area contributed by atoms with E-state index < -0.39 is 5.97 Å². The van der Waals surface area contributed by atoms with Crippen LogP contribution >= 0.6 is 12.4 Å². The van der Waals surface area contributed by atoms with Crippen LogP contribution in [0.2, 0.25) is 0 Å². The van der Waals surface area contributed by atoms with Crippen LogP contribution in [0.25, 0.3) is 0 Å². The summed E-state index contributed by atoms with van der Waals surface area (Å²) >= 11 is 0. The topological polar surface area (TPSA) is 40.5 Å². The van der Waals surface area contributed by atoms with E-state index in [4.69, 9.17) is 5.11 Å². The molecule has 3 nitrogen and oxygen atoms in total. The summed E-state index contributed by atoms with van der Waals surface area (Å²) in [6.07, 6.45) is 2.34. The van der Waals surface area contributed by atoms with Crippen LogP contribution < -0.4 is 0 Å². The van der Waals surface area contributed by atoms with E-state index in [9.17, 15) is 4.79 Å². The van der Waals surface area contributed by atoms with Gasteiger partial charge in [-0.1, -0.05) is 0 Å². The maximum Gasteiger partial charge on any atom is 0.307 e. The summed E-state index contributed by atoms with van der Waals surface area (Å²) in [6, 6.07) is 0. The first kappa shape index (κ1) is 10.2. The van der Waals surface area contributed by atoms with Crippen molar-refractivity contribution in [3.63, 3.8) is 0 Å². The maximum absolute atomic E-state index is 11.1. The molecule has 4 fully saturated rings. The van der Waals surface area contributed by atoms with E-state index in [1.165, 1.54) is 19.4 Å². The van der Waals surface area contributed by atoms with Crippen LogP contribution in [0.1, 0.15) is 12.8 Å². The van der Waals surface area contributed by atoms with Gasteiger partial charge in [-0.2, -0.15) is 0 Å². The molecule has 4 bridgehead atoms. The highest BCUT2D eigenvalue weighted by atomic mass is 35.5. The molecule has 2 unspecified atom stereocenters. The Hall–Kier alpha value is -0.280. The van der Waals surface area contributed by atoms with Gasteiger partial charge in [-0.25, -0.2) is 0 Å². The van der Waals surface area contributed by atoms with Gasteiger partial charge in [-0.05, 0) is 30.6 Å². The van der Waals surface area contributed by atoms with Crippen molar-refractivity contribution in [3.05, 3.63) is 0 Å². The summed E-state index contributed by atoms with van der Waals surface area (Å²) in [4.78, 5) is 13.5. The molecule has 0 radical (unpaired) electrons. The highest BCUT2D eigenvalue weighted by Crippen LogP contribution is 2.46. The Kier molecular flexibility index (Phi) is 2.48. The van der Waals surface area contributed by atoms with Gasteiger partial charge in [0.05, 0.1) is 5.92 Å². The van der Waals surface area contributed by atoms with Crippen molar-refractivity contribution in [2.24, 2.45) is 23.7 Å². The van der Waals surface area contributed by atoms with Crippen molar-refractivity contribution in [2.45, 2.75) is 12.8 Å². The minimum absolute atomic E-state index is 0. The minimum atomic E-state index is -0.546. The first-order chi connectivity index (χ1) is 6.24. The van der Waals surface area contributed by atoms with Crippen LogP contribution in [0.3, 0.4) is 0 Å². The van der Waals surface area contributed by atoms with Crippen molar-refractivity contribution in [3.8, 4) is 0 Å². The number of aliphatic carboxylic acids is 1. The summed E-state index contributed by atoms with van der Waals surface area (Å²) in [7, 11) is 0. The number of carbonyl (C=O) groups is 1. The summed E-state index contributed by atoms with van der Waals surface area (Å²) < 4.78 is 0. The molecular weight excluding hydrogens is 202 g/mol. The van der Waals surface area contributed by atoms with Gasteiger partial charge in [0.15, 0.2) is 0 Å². The summed E-state index contributed by atoms with van der Waals surface area (Å²) in [5, 5.41) is 9.13. The van der Waals surface area contributed by atoms with Gasteiger partial charge in [0.2, 0.25) is 0 Å². The van der Waals surface area contributed by atoms with Crippen molar-refractivity contribution in [1.29, 1.82) is 0 Å². The van der Waals surface area contributed by atoms with Gasteiger partial charge in [-0.15, -0.1) is 12.4 Å². The Labute approximate surface area is 89.9 Å². The Morgan fingerprint density at radius 1 is 1.14 bits per heavy atom. The lowest BCUT2D eigenvalue weighted by atomic mass is 9.62. The molecule has 2 atom stereocenters. The van der Waals surface area contributed by atoms with E-state index in [0.717, 1.165) is 19.0 Å². The zero-order valence-electron chi connectivity index (χ0n) is 8.06. The largest absolute Gasteiger partial charge is 0.481 e. The van der Waals surface area contributed by atoms with E-state index in [1.54, 1.807) is 0 Å². The predicted octanol–water partition coefficient (Wildman–Crippen LogP) is 1.08. The van der Waals surface area contributed by atoms with Crippen molar-refractivity contribution in [2.75, 3.05) is 19.6 Å². The fourth-order valence-electron chi connectivity index (χ4n) is 3.81. The van der Waals surface area contributed by atoms with Gasteiger partial charge in [0.25, 0.3) is 0 Å². The van der Waals surface area contributed by atoms with Crippen LogP contribution in [-0.2, 0) is 4.79 Å². The lowest BCUT2D eigenvalue weighted by Gasteiger charge is -2.54. The Bertz CT molecular complexity index is 229. The van der Waals surface area contributed by atoms with E-state index in [1.807, 2.05) is 0 Å². The molecule has 1 N–H and O–H groups in total. The van der Waals surface area contributed by atoms with E-state index in [-0.39, 0.29) is 18.3 Å². The number of nitrogens with zero attached hydrogens (tertiary/aromatic N) is 1. The fourth-order valence-corrected chi connectivity index (χ4v) is 3.81. The molecule has 80 valence electrons. The maximum atomic E-state index is 11.1. The standard InChI is InChI=1S/C10H15NO2.ClH/c12-10(13)9-7-1-6-2-8(9)5-11(3-6)4-7;/h6-9H,1-5H2,(H,12,13);1H. The minimum Gasteiger partial charge on any atom is -0.481 e. The van der Waals surface area contributed by atoms with Gasteiger partial charge in [0, 0.05) is 19.6 Å². The fraction of sp³-hybridized carbons (Fsp3) is 0.900. The molecule has 0 amide bonds. The smallest absolute Gasteiger partial charge is 0.307 e. The van der Waals surface area contributed by atoms with Crippen LogP contribution in [-0.4, -0.2) is 35.6 Å². The van der Waals surface area contributed by atoms with Crippen LogP contribution in [0.15, 0.2) is 0 Å². The Balaban J connectivity index is 0.000000750. The molecule has 1 saturated carbocycles. The number of piperidine rings is 3. The lowest BCUT2D eigenvalue weighted by Crippen LogP contribution is -2.59. The van der Waals surface area contributed by atoms with E-state index in [0.29, 0.717) is 11.8 Å². The van der Waals surface area contributed by atoms with Crippen molar-refractivity contribution >= 4 is 18.4 Å². The van der Waals surface area contributed by atoms with Gasteiger partial charge in [0.1, 0.15) is 0 Å². The van der Waals surface area contributed by atoms with Crippen molar-refractivity contribution < 1.29 is 9.90 Å². The summed E-state index contributed by atoms with van der Waals surface area (Å²) in [5.41, 5.74) is 0. The molecule has 3 heterocycles. The SMILES string of the molecule is Cl.O=C(O)C1C2CC3CC1CN(C3)C2. The second kappa shape index (κ2) is 3.38. The molecule has 0 aromatic rings. The molecular formula is C10H16ClNO2. The highest BCUT2D eigenvalue weighted by molar-refractivity contribution is 5.85. The molecule has 14 heavy (non-hydrogen) atoms. The Morgan fingerprint density at radius 2 is 1.71 bits per heavy atom. The third-order valence-electron chi connectivity index (χ3n) is 4.07. The number of hydrogen-bond acceptors (Lipinski definition) is 2. The lowest BCUT2D eigenvalue weighted by molar-refractivity contribution is -0.157. The first-order valence-electron chi connectivity index (χ1n) is 5.19. The van der Waals surface area contributed by atoms with Crippen LogP contribution in [0, 0.1) is 23.7 Å². The normalized spacial score (nSPS) is 48.7. The number of carboxylic acids is 1. The second-order valence-electron chi connectivity index (χ2n) is 4.94. The number of hydrogen-bond donors (Lipinski definition) is 1. The average Bonchev–Trinajstić information content (AvgIpc) is 2.00. The number of rotatable bonds is 1. The third-order valence-corrected chi connectivity index (χ3v) is 4.07. The van der Waals surface area contributed by atoms with E-state index >= 15 is 0 Å². The highest BCUT2D eigenvalue weighted by Gasteiger charge is 2.50. The zero-order chi connectivity index (χ0) is 9.00. The van der Waals surface area contributed by atoms with Crippen LogP contribution in [0.4, 0.5) is 0 Å². The molecule has 4 heteroatoms. The molecule has 1 aliphatic carbocycles. The van der Waals surface area contributed by atoms with Crippen molar-refractivity contribution in [1.82, 2.24) is 4.90 Å². The predicted molar refractivity (Wildman–Crippen MR) is 54.5 cm³/mol. The number of carboxylic acid groups (broad SMARTS) is 1. The average molecular weight is 218 g/mol. The second-order valence-corrected chi connectivity index (χ2v) is 4.94. The summed E-state index contributed by atoms with van der Waals surface area (Å²) in [6.45, 7) is 3.33. The monoisotopic (exact) mass is 217 g/mol. The molecule has 0 aromatic heterocycles. The molecule has 0 aromatic carbocycles. The number of halogens is 1. The van der Waals surface area contributed by atoms with Crippen LogP contribution in [0.5, 0.6) is 0 Å².